The average molecular weight is 460 g/mol. The highest BCUT2D eigenvalue weighted by atomic mass is 32.2. The van der Waals surface area contributed by atoms with Gasteiger partial charge in [-0.05, 0) is 61.7 Å². The zero-order chi connectivity index (χ0) is 22.9. The molecule has 0 aliphatic carbocycles. The van der Waals surface area contributed by atoms with E-state index >= 15 is 0 Å². The van der Waals surface area contributed by atoms with E-state index in [0.717, 1.165) is 16.7 Å². The Morgan fingerprint density at radius 1 is 0.938 bits per heavy atom. The second-order valence-corrected chi connectivity index (χ2v) is 10.1. The lowest BCUT2D eigenvalue weighted by Crippen LogP contribution is -2.53. The van der Waals surface area contributed by atoms with Crippen molar-refractivity contribution in [2.75, 3.05) is 39.4 Å². The largest absolute Gasteiger partial charge is 0.486 e. The van der Waals surface area contributed by atoms with Crippen molar-refractivity contribution in [2.24, 2.45) is 0 Å². The number of sulfonamides is 1. The van der Waals surface area contributed by atoms with Crippen LogP contribution in [0.2, 0.25) is 0 Å². The number of rotatable bonds is 4. The van der Waals surface area contributed by atoms with E-state index in [0.29, 0.717) is 42.7 Å². The predicted molar refractivity (Wildman–Crippen MR) is 121 cm³/mol. The van der Waals surface area contributed by atoms with E-state index in [1.165, 1.54) is 4.31 Å². The fourth-order valence-electron chi connectivity index (χ4n) is 3.84. The fraction of sp³-hybridized carbons (Fsp3) is 0.435. The lowest BCUT2D eigenvalue weighted by molar-refractivity contribution is 0.168. The molecule has 2 aliphatic rings. The number of fused-ring (bicyclic) bond motifs is 1. The number of benzene rings is 2. The topological polar surface area (TPSA) is 88.2 Å². The van der Waals surface area contributed by atoms with Gasteiger partial charge in [-0.3, -0.25) is 0 Å². The van der Waals surface area contributed by atoms with Gasteiger partial charge in [0.2, 0.25) is 10.0 Å². The summed E-state index contributed by atoms with van der Waals surface area (Å²) in [6.07, 6.45) is 0. The lowest BCUT2D eigenvalue weighted by Gasteiger charge is -2.34. The third-order valence-electron chi connectivity index (χ3n) is 6.05. The van der Waals surface area contributed by atoms with Crippen LogP contribution in [0.25, 0.3) is 0 Å². The molecule has 2 heterocycles. The summed E-state index contributed by atoms with van der Waals surface area (Å²) in [6, 6.07) is 10.4. The molecule has 0 bridgehead atoms. The molecule has 1 saturated heterocycles. The Kier molecular flexibility index (Phi) is 6.30. The second kappa shape index (κ2) is 8.99. The maximum Gasteiger partial charge on any atom is 0.317 e. The van der Waals surface area contributed by atoms with Gasteiger partial charge in [0.1, 0.15) is 13.2 Å². The Bertz CT molecular complexity index is 1110. The quantitative estimate of drug-likeness (QED) is 0.760. The predicted octanol–water partition coefficient (Wildman–Crippen LogP) is 2.85. The minimum absolute atomic E-state index is 0.212. The molecule has 0 aromatic heterocycles. The van der Waals surface area contributed by atoms with Crippen LogP contribution in [0.3, 0.4) is 0 Å². The van der Waals surface area contributed by atoms with Crippen LogP contribution >= 0.6 is 0 Å². The van der Waals surface area contributed by atoms with Gasteiger partial charge in [0.15, 0.2) is 11.5 Å². The number of aryl methyl sites for hydroxylation is 2. The van der Waals surface area contributed by atoms with Crippen molar-refractivity contribution in [3.63, 3.8) is 0 Å². The van der Waals surface area contributed by atoms with E-state index in [1.54, 1.807) is 17.0 Å². The lowest BCUT2D eigenvalue weighted by atomic mass is 10.1. The third-order valence-corrected chi connectivity index (χ3v) is 7.94. The Labute approximate surface area is 189 Å². The van der Waals surface area contributed by atoms with Crippen molar-refractivity contribution >= 4 is 16.1 Å². The molecule has 2 aliphatic heterocycles. The molecule has 172 valence electrons. The van der Waals surface area contributed by atoms with Gasteiger partial charge in [-0.15, -0.1) is 0 Å². The number of carbonyl (C=O) groups is 1. The van der Waals surface area contributed by atoms with Crippen LogP contribution in [0, 0.1) is 13.8 Å². The summed E-state index contributed by atoms with van der Waals surface area (Å²) in [5, 5.41) is 2.99. The fourth-order valence-corrected chi connectivity index (χ4v) is 5.35. The van der Waals surface area contributed by atoms with Crippen molar-refractivity contribution in [3.8, 4) is 11.5 Å². The summed E-state index contributed by atoms with van der Waals surface area (Å²) in [5.41, 5.74) is 2.91. The van der Waals surface area contributed by atoms with Gasteiger partial charge in [0.05, 0.1) is 10.9 Å². The van der Waals surface area contributed by atoms with Crippen molar-refractivity contribution in [1.29, 1.82) is 0 Å². The zero-order valence-corrected chi connectivity index (χ0v) is 19.4. The summed E-state index contributed by atoms with van der Waals surface area (Å²) in [4.78, 5) is 14.7. The van der Waals surface area contributed by atoms with Crippen molar-refractivity contribution < 1.29 is 22.7 Å². The first-order valence-corrected chi connectivity index (χ1v) is 12.2. The molecule has 2 aromatic carbocycles. The molecular formula is C23H29N3O5S. The van der Waals surface area contributed by atoms with Crippen LogP contribution in [0.1, 0.15) is 29.7 Å². The monoisotopic (exact) mass is 459 g/mol. The Morgan fingerprint density at radius 2 is 1.62 bits per heavy atom. The van der Waals surface area contributed by atoms with Gasteiger partial charge in [0.25, 0.3) is 0 Å². The van der Waals surface area contributed by atoms with Crippen LogP contribution in [0.15, 0.2) is 41.3 Å². The Hall–Kier alpha value is -2.78. The molecule has 32 heavy (non-hydrogen) atoms. The first-order valence-electron chi connectivity index (χ1n) is 10.8. The minimum Gasteiger partial charge on any atom is -0.486 e. The Balaban J connectivity index is 1.35. The number of ether oxygens (including phenoxy) is 2. The summed E-state index contributed by atoms with van der Waals surface area (Å²) in [6.45, 7) is 8.00. The number of nitrogens with zero attached hydrogens (tertiary/aromatic N) is 2. The number of amides is 2. The van der Waals surface area contributed by atoms with Crippen LogP contribution in [-0.2, 0) is 10.0 Å². The van der Waals surface area contributed by atoms with Crippen LogP contribution in [0.4, 0.5) is 4.79 Å². The van der Waals surface area contributed by atoms with E-state index < -0.39 is 10.0 Å². The normalized spacial score (nSPS) is 17.7. The molecule has 1 fully saturated rings. The minimum atomic E-state index is -3.58. The molecule has 1 unspecified atom stereocenters. The molecule has 8 nitrogen and oxygen atoms in total. The van der Waals surface area contributed by atoms with Crippen LogP contribution in [0.5, 0.6) is 11.5 Å². The van der Waals surface area contributed by atoms with E-state index in [-0.39, 0.29) is 25.2 Å². The molecule has 0 radical (unpaired) electrons. The second-order valence-electron chi connectivity index (χ2n) is 8.21. The molecule has 0 spiro atoms. The van der Waals surface area contributed by atoms with Gasteiger partial charge in [-0.25, -0.2) is 13.2 Å². The number of urea groups is 1. The number of piperazine rings is 1. The molecular weight excluding hydrogens is 430 g/mol. The van der Waals surface area contributed by atoms with Crippen LogP contribution in [-0.4, -0.2) is 63.0 Å². The Morgan fingerprint density at radius 3 is 2.31 bits per heavy atom. The van der Waals surface area contributed by atoms with Gasteiger partial charge in [-0.2, -0.15) is 4.31 Å². The molecule has 0 saturated carbocycles. The molecule has 9 heteroatoms. The molecule has 1 N–H and O–H groups in total. The van der Waals surface area contributed by atoms with E-state index in [4.69, 9.17) is 9.47 Å². The number of hydrogen-bond acceptors (Lipinski definition) is 5. The maximum atomic E-state index is 13.0. The highest BCUT2D eigenvalue weighted by molar-refractivity contribution is 7.89. The van der Waals surface area contributed by atoms with Gasteiger partial charge in [0, 0.05) is 26.2 Å². The highest BCUT2D eigenvalue weighted by Crippen LogP contribution is 2.32. The number of carbonyl (C=O) groups excluding carboxylic acids is 1. The third kappa shape index (κ3) is 4.54. The summed E-state index contributed by atoms with van der Waals surface area (Å²) < 4.78 is 38.6. The summed E-state index contributed by atoms with van der Waals surface area (Å²) in [5.74, 6) is 1.39. The van der Waals surface area contributed by atoms with Crippen LogP contribution < -0.4 is 14.8 Å². The van der Waals surface area contributed by atoms with E-state index in [1.807, 2.05) is 45.0 Å². The average Bonchev–Trinajstić information content (AvgIpc) is 2.80. The highest BCUT2D eigenvalue weighted by Gasteiger charge is 2.30. The number of nitrogens with one attached hydrogen (secondary N) is 1. The first kappa shape index (κ1) is 22.4. The molecule has 1 atom stereocenters. The van der Waals surface area contributed by atoms with E-state index in [9.17, 15) is 13.2 Å². The van der Waals surface area contributed by atoms with Crippen molar-refractivity contribution in [1.82, 2.24) is 14.5 Å². The molecule has 4 rings (SSSR count). The van der Waals surface area contributed by atoms with Gasteiger partial charge >= 0.3 is 6.03 Å². The standard InChI is InChI=1S/C23H29N3O5S/c1-16-4-6-20(14-17(16)2)32(28,29)26-10-8-25(9-11-26)23(27)24-18(3)19-5-7-21-22(15-19)31-13-12-30-21/h4-7,14-15,18H,8-13H2,1-3H3,(H,24,27). The van der Waals surface area contributed by atoms with Gasteiger partial charge in [-0.1, -0.05) is 12.1 Å². The van der Waals surface area contributed by atoms with Crippen molar-refractivity contribution in [3.05, 3.63) is 53.1 Å². The van der Waals surface area contributed by atoms with Gasteiger partial charge < -0.3 is 19.7 Å². The maximum absolute atomic E-state index is 13.0. The smallest absolute Gasteiger partial charge is 0.317 e. The zero-order valence-electron chi connectivity index (χ0n) is 18.6. The summed E-state index contributed by atoms with van der Waals surface area (Å²) >= 11 is 0. The van der Waals surface area contributed by atoms with E-state index in [2.05, 4.69) is 5.32 Å². The SMILES string of the molecule is Cc1ccc(S(=O)(=O)N2CCN(C(=O)NC(C)c3ccc4c(c3)OCCO4)CC2)cc1C. The van der Waals surface area contributed by atoms with Crippen molar-refractivity contribution in [2.45, 2.75) is 31.7 Å². The summed E-state index contributed by atoms with van der Waals surface area (Å²) in [7, 11) is -3.58. The number of hydrogen-bond donors (Lipinski definition) is 1. The first-order chi connectivity index (χ1) is 15.3. The molecule has 2 aromatic rings. The molecule has 2 amide bonds.